The van der Waals surface area contributed by atoms with Crippen molar-refractivity contribution >= 4 is 28.4 Å². The van der Waals surface area contributed by atoms with Crippen LogP contribution in [0.15, 0.2) is 0 Å². The molecule has 1 fully saturated rings. The van der Waals surface area contributed by atoms with E-state index in [1.165, 1.54) is 6.42 Å². The number of nitrogens with one attached hydrogen (secondary N) is 1. The second kappa shape index (κ2) is 7.00. The summed E-state index contributed by atoms with van der Waals surface area (Å²) < 4.78 is 1.14. The van der Waals surface area contributed by atoms with Crippen molar-refractivity contribution in [3.63, 3.8) is 0 Å². The standard InChI is InChI=1S/C14H24IN5/c1-5-10-12(15)14(16-2)18-13(17-10)11-9-19(3)7-6-8-20(11)4/h11H,5-9H2,1-4H3,(H,16,17,18). The average Bonchev–Trinajstić information content (AvgIpc) is 2.61. The number of rotatable bonds is 3. The Labute approximate surface area is 135 Å². The molecule has 1 aliphatic rings. The van der Waals surface area contributed by atoms with Crippen molar-refractivity contribution in [2.75, 3.05) is 46.1 Å². The van der Waals surface area contributed by atoms with Gasteiger partial charge in [0.2, 0.25) is 0 Å². The van der Waals surface area contributed by atoms with Crippen molar-refractivity contribution in [2.24, 2.45) is 0 Å². The molecule has 0 bridgehead atoms. The third kappa shape index (κ3) is 3.40. The van der Waals surface area contributed by atoms with Gasteiger partial charge < -0.3 is 10.2 Å². The number of aryl methyl sites for hydroxylation is 1. The highest BCUT2D eigenvalue weighted by atomic mass is 127. The van der Waals surface area contributed by atoms with Gasteiger partial charge in [-0.15, -0.1) is 0 Å². The Kier molecular flexibility index (Phi) is 5.57. The second-order valence-electron chi connectivity index (χ2n) is 5.41. The molecule has 0 radical (unpaired) electrons. The molecule has 0 aliphatic carbocycles. The largest absolute Gasteiger partial charge is 0.372 e. The molecule has 6 heteroatoms. The number of anilines is 1. The summed E-state index contributed by atoms with van der Waals surface area (Å²) in [7, 11) is 6.28. The second-order valence-corrected chi connectivity index (χ2v) is 6.49. The Morgan fingerprint density at radius 3 is 2.70 bits per heavy atom. The Hall–Kier alpha value is -0.470. The maximum atomic E-state index is 4.82. The molecule has 0 saturated carbocycles. The van der Waals surface area contributed by atoms with Gasteiger partial charge in [0.1, 0.15) is 11.6 Å². The Morgan fingerprint density at radius 2 is 2.05 bits per heavy atom. The number of halogens is 1. The van der Waals surface area contributed by atoms with E-state index < -0.39 is 0 Å². The molecule has 1 saturated heterocycles. The van der Waals surface area contributed by atoms with Gasteiger partial charge in [-0.2, -0.15) is 0 Å². The molecule has 20 heavy (non-hydrogen) atoms. The topological polar surface area (TPSA) is 44.3 Å². The van der Waals surface area contributed by atoms with E-state index in [1.807, 2.05) is 7.05 Å². The maximum absolute atomic E-state index is 4.82. The van der Waals surface area contributed by atoms with Gasteiger partial charge in [0.25, 0.3) is 0 Å². The van der Waals surface area contributed by atoms with Crippen LogP contribution in [0.4, 0.5) is 5.82 Å². The summed E-state index contributed by atoms with van der Waals surface area (Å²) in [6.45, 7) is 5.38. The summed E-state index contributed by atoms with van der Waals surface area (Å²) in [5, 5.41) is 3.20. The first-order valence-corrected chi connectivity index (χ1v) is 8.27. The molecule has 112 valence electrons. The summed E-state index contributed by atoms with van der Waals surface area (Å²) in [6, 6.07) is 0.275. The quantitative estimate of drug-likeness (QED) is 0.802. The number of hydrogen-bond acceptors (Lipinski definition) is 5. The molecule has 1 aromatic rings. The normalized spacial score (nSPS) is 21.8. The van der Waals surface area contributed by atoms with Crippen molar-refractivity contribution in [2.45, 2.75) is 25.8 Å². The first-order valence-electron chi connectivity index (χ1n) is 7.19. The first kappa shape index (κ1) is 15.9. The molecule has 0 spiro atoms. The van der Waals surface area contributed by atoms with Crippen molar-refractivity contribution in [3.05, 3.63) is 15.1 Å². The van der Waals surface area contributed by atoms with Crippen LogP contribution in [0.1, 0.15) is 30.9 Å². The molecule has 1 aliphatic heterocycles. The monoisotopic (exact) mass is 389 g/mol. The zero-order valence-electron chi connectivity index (χ0n) is 12.8. The SMILES string of the molecule is CCc1nc(C2CN(C)CCCN2C)nc(NC)c1I. The van der Waals surface area contributed by atoms with Crippen LogP contribution < -0.4 is 5.32 Å². The molecule has 1 atom stereocenters. The van der Waals surface area contributed by atoms with Crippen LogP contribution in [-0.4, -0.2) is 60.5 Å². The number of aromatic nitrogens is 2. The minimum absolute atomic E-state index is 0.275. The molecule has 2 heterocycles. The van der Waals surface area contributed by atoms with E-state index in [4.69, 9.17) is 9.97 Å². The number of likely N-dealkylation sites (N-methyl/N-ethyl adjacent to an activating group) is 2. The summed E-state index contributed by atoms with van der Waals surface area (Å²) in [5.41, 5.74) is 1.14. The third-order valence-corrected chi connectivity index (χ3v) is 5.01. The molecule has 0 aromatic carbocycles. The Balaban J connectivity index is 2.39. The van der Waals surface area contributed by atoms with Crippen LogP contribution in [0.2, 0.25) is 0 Å². The molecular formula is C14H24IN5. The lowest BCUT2D eigenvalue weighted by Crippen LogP contribution is -2.32. The zero-order chi connectivity index (χ0) is 14.7. The fourth-order valence-corrected chi connectivity index (χ4v) is 3.50. The predicted octanol–water partition coefficient (Wildman–Crippen LogP) is 1.99. The van der Waals surface area contributed by atoms with Crippen molar-refractivity contribution in [1.29, 1.82) is 0 Å². The summed E-state index contributed by atoms with van der Waals surface area (Å²) in [4.78, 5) is 14.3. The molecule has 1 unspecified atom stereocenters. The van der Waals surface area contributed by atoms with Crippen LogP contribution in [0.25, 0.3) is 0 Å². The highest BCUT2D eigenvalue weighted by Gasteiger charge is 2.26. The minimum Gasteiger partial charge on any atom is -0.372 e. The van der Waals surface area contributed by atoms with Crippen LogP contribution in [0.3, 0.4) is 0 Å². The van der Waals surface area contributed by atoms with Crippen LogP contribution in [0, 0.1) is 3.57 Å². The van der Waals surface area contributed by atoms with E-state index in [9.17, 15) is 0 Å². The van der Waals surface area contributed by atoms with E-state index in [1.54, 1.807) is 0 Å². The van der Waals surface area contributed by atoms with E-state index in [-0.39, 0.29) is 6.04 Å². The van der Waals surface area contributed by atoms with E-state index in [0.717, 1.165) is 47.0 Å². The number of nitrogens with zero attached hydrogens (tertiary/aromatic N) is 4. The van der Waals surface area contributed by atoms with Gasteiger partial charge in [-0.25, -0.2) is 9.97 Å². The Bertz CT molecular complexity index is 440. The van der Waals surface area contributed by atoms with Crippen molar-refractivity contribution < 1.29 is 0 Å². The highest BCUT2D eigenvalue weighted by Crippen LogP contribution is 2.25. The van der Waals surface area contributed by atoms with Crippen molar-refractivity contribution in [3.8, 4) is 0 Å². The zero-order valence-corrected chi connectivity index (χ0v) is 14.9. The van der Waals surface area contributed by atoms with Gasteiger partial charge in [0.15, 0.2) is 0 Å². The minimum atomic E-state index is 0.275. The summed E-state index contributed by atoms with van der Waals surface area (Å²) in [5.74, 6) is 1.90. The smallest absolute Gasteiger partial charge is 0.149 e. The third-order valence-electron chi connectivity index (χ3n) is 3.87. The first-order chi connectivity index (χ1) is 9.56. The Morgan fingerprint density at radius 1 is 1.30 bits per heavy atom. The lowest BCUT2D eigenvalue weighted by molar-refractivity contribution is 0.219. The summed E-state index contributed by atoms with van der Waals surface area (Å²) in [6.07, 6.45) is 2.14. The van der Waals surface area contributed by atoms with Crippen LogP contribution in [0.5, 0.6) is 0 Å². The van der Waals surface area contributed by atoms with Gasteiger partial charge >= 0.3 is 0 Å². The molecule has 1 N–H and O–H groups in total. The average molecular weight is 389 g/mol. The van der Waals surface area contributed by atoms with Gasteiger partial charge in [0.05, 0.1) is 15.3 Å². The fraction of sp³-hybridized carbons (Fsp3) is 0.714. The van der Waals surface area contributed by atoms with Gasteiger partial charge in [0, 0.05) is 13.6 Å². The molecule has 0 amide bonds. The predicted molar refractivity (Wildman–Crippen MR) is 91.2 cm³/mol. The lowest BCUT2D eigenvalue weighted by Gasteiger charge is -2.27. The lowest BCUT2D eigenvalue weighted by atomic mass is 10.2. The van der Waals surface area contributed by atoms with Crippen LogP contribution in [-0.2, 0) is 6.42 Å². The van der Waals surface area contributed by atoms with Crippen LogP contribution >= 0.6 is 22.6 Å². The van der Waals surface area contributed by atoms with Gasteiger partial charge in [-0.1, -0.05) is 6.92 Å². The molecule has 2 rings (SSSR count). The highest BCUT2D eigenvalue weighted by molar-refractivity contribution is 14.1. The molecular weight excluding hydrogens is 365 g/mol. The van der Waals surface area contributed by atoms with Gasteiger partial charge in [-0.05, 0) is 62.6 Å². The number of hydrogen-bond donors (Lipinski definition) is 1. The molecule has 1 aromatic heterocycles. The maximum Gasteiger partial charge on any atom is 0.149 e. The fourth-order valence-electron chi connectivity index (χ4n) is 2.61. The van der Waals surface area contributed by atoms with E-state index in [0.29, 0.717) is 0 Å². The summed E-state index contributed by atoms with van der Waals surface area (Å²) >= 11 is 2.33. The van der Waals surface area contributed by atoms with E-state index in [2.05, 4.69) is 58.7 Å². The van der Waals surface area contributed by atoms with Gasteiger partial charge in [-0.3, -0.25) is 4.90 Å². The van der Waals surface area contributed by atoms with E-state index >= 15 is 0 Å². The molecule has 5 nitrogen and oxygen atoms in total. The van der Waals surface area contributed by atoms with Crippen molar-refractivity contribution in [1.82, 2.24) is 19.8 Å².